The molecule has 1 aromatic heterocycles. The molecule has 1 aliphatic carbocycles. The van der Waals surface area contributed by atoms with E-state index in [0.29, 0.717) is 28.3 Å². The second kappa shape index (κ2) is 11.3. The zero-order valence-electron chi connectivity index (χ0n) is 20.9. The number of hydrogen-bond acceptors (Lipinski definition) is 8. The average molecular weight is 494 g/mol. The number of hydrogen-bond donors (Lipinski definition) is 3. The van der Waals surface area contributed by atoms with Crippen molar-refractivity contribution in [2.45, 2.75) is 39.3 Å². The van der Waals surface area contributed by atoms with Crippen molar-refractivity contribution in [3.63, 3.8) is 0 Å². The Bertz CT molecular complexity index is 1410. The summed E-state index contributed by atoms with van der Waals surface area (Å²) in [6.07, 6.45) is 5.08. The van der Waals surface area contributed by atoms with Crippen LogP contribution in [0.1, 0.15) is 51.1 Å². The second-order valence-electron chi connectivity index (χ2n) is 8.83. The van der Waals surface area contributed by atoms with E-state index in [-0.39, 0.29) is 24.5 Å². The first kappa shape index (κ1) is 25.4. The topological polar surface area (TPSA) is 136 Å². The van der Waals surface area contributed by atoms with Gasteiger partial charge in [0.15, 0.2) is 0 Å². The van der Waals surface area contributed by atoms with Gasteiger partial charge in [0.2, 0.25) is 5.95 Å². The largest absolute Gasteiger partial charge is 0.378 e. The molecular weight excluding hydrogens is 466 g/mol. The van der Waals surface area contributed by atoms with Gasteiger partial charge in [-0.25, -0.2) is 4.98 Å². The fraction of sp³-hybridized carbons (Fsp3) is 0.250. The predicted molar refractivity (Wildman–Crippen MR) is 142 cm³/mol. The Kier molecular flexibility index (Phi) is 7.77. The van der Waals surface area contributed by atoms with E-state index in [4.69, 9.17) is 15.3 Å². The van der Waals surface area contributed by atoms with Crippen LogP contribution in [0.5, 0.6) is 0 Å². The van der Waals surface area contributed by atoms with Crippen LogP contribution in [0.2, 0.25) is 0 Å². The summed E-state index contributed by atoms with van der Waals surface area (Å²) in [7, 11) is 1.55. The lowest BCUT2D eigenvalue weighted by Crippen LogP contribution is -2.28. The minimum absolute atomic E-state index is 0.114. The molecule has 3 N–H and O–H groups in total. The highest BCUT2D eigenvalue weighted by molar-refractivity contribution is 6.01. The van der Waals surface area contributed by atoms with E-state index in [1.165, 1.54) is 6.08 Å². The van der Waals surface area contributed by atoms with Crippen molar-refractivity contribution in [3.05, 3.63) is 76.0 Å². The summed E-state index contributed by atoms with van der Waals surface area (Å²) in [5.41, 5.74) is 5.58. The standard InChI is InChI=1S/C28H27N7O2/c1-17-13-20(5-4-12-29)14-18(2)25(17)34-26-24(27(36)31-21-10-11-21)23(16-37-3)33-28(35-26)32-22-8-6-19(15-30)7-9-22/h4-9,13-14,21H,10-11,16H2,1-3H3,(H,31,36)(H2,32,33,34,35)/b5-4+. The molecule has 1 amide bonds. The smallest absolute Gasteiger partial charge is 0.257 e. The van der Waals surface area contributed by atoms with Gasteiger partial charge in [0.1, 0.15) is 11.4 Å². The lowest BCUT2D eigenvalue weighted by atomic mass is 10.0. The third-order valence-electron chi connectivity index (χ3n) is 5.82. The maximum Gasteiger partial charge on any atom is 0.257 e. The number of nitrogens with zero attached hydrogens (tertiary/aromatic N) is 4. The summed E-state index contributed by atoms with van der Waals surface area (Å²) in [4.78, 5) is 22.6. The zero-order chi connectivity index (χ0) is 26.4. The monoisotopic (exact) mass is 493 g/mol. The van der Waals surface area contributed by atoms with Crippen molar-refractivity contribution in [1.82, 2.24) is 15.3 Å². The highest BCUT2D eigenvalue weighted by Gasteiger charge is 2.28. The van der Waals surface area contributed by atoms with Crippen molar-refractivity contribution in [1.29, 1.82) is 10.5 Å². The van der Waals surface area contributed by atoms with Crippen LogP contribution in [0.25, 0.3) is 6.08 Å². The number of anilines is 4. The van der Waals surface area contributed by atoms with Gasteiger partial charge in [0.25, 0.3) is 5.91 Å². The Morgan fingerprint density at radius 1 is 1.11 bits per heavy atom. The summed E-state index contributed by atoms with van der Waals surface area (Å²) in [5.74, 6) is 0.375. The maximum atomic E-state index is 13.3. The first-order valence-electron chi connectivity index (χ1n) is 11.8. The van der Waals surface area contributed by atoms with E-state index in [1.54, 1.807) is 37.5 Å². The van der Waals surface area contributed by atoms with Crippen LogP contribution in [-0.2, 0) is 11.3 Å². The molecule has 4 rings (SSSR count). The number of benzene rings is 2. The van der Waals surface area contributed by atoms with Crippen LogP contribution in [0.15, 0.2) is 42.5 Å². The van der Waals surface area contributed by atoms with E-state index in [9.17, 15) is 4.79 Å². The molecule has 2 aromatic carbocycles. The molecule has 0 saturated heterocycles. The molecule has 1 aliphatic rings. The Hall–Kier alpha value is -4.73. The van der Waals surface area contributed by atoms with Crippen molar-refractivity contribution >= 4 is 35.1 Å². The van der Waals surface area contributed by atoms with Crippen molar-refractivity contribution in [2.24, 2.45) is 0 Å². The van der Waals surface area contributed by atoms with Gasteiger partial charge in [0, 0.05) is 30.6 Å². The molecule has 37 heavy (non-hydrogen) atoms. The molecule has 9 nitrogen and oxygen atoms in total. The second-order valence-corrected chi connectivity index (χ2v) is 8.83. The molecule has 1 heterocycles. The van der Waals surface area contributed by atoms with Gasteiger partial charge in [-0.05, 0) is 85.9 Å². The predicted octanol–water partition coefficient (Wildman–Crippen LogP) is 5.03. The van der Waals surface area contributed by atoms with Crippen molar-refractivity contribution < 1.29 is 9.53 Å². The van der Waals surface area contributed by atoms with Gasteiger partial charge in [-0.2, -0.15) is 15.5 Å². The van der Waals surface area contributed by atoms with Crippen molar-refractivity contribution in [3.8, 4) is 12.1 Å². The third kappa shape index (κ3) is 6.29. The molecule has 186 valence electrons. The fourth-order valence-electron chi connectivity index (χ4n) is 3.92. The Morgan fingerprint density at radius 2 is 1.81 bits per heavy atom. The number of carbonyl (C=O) groups is 1. The molecular formula is C28H27N7O2. The lowest BCUT2D eigenvalue weighted by Gasteiger charge is -2.19. The van der Waals surface area contributed by atoms with Crippen LogP contribution in [0.3, 0.4) is 0 Å². The van der Waals surface area contributed by atoms with Gasteiger partial charge in [0.05, 0.1) is 30.0 Å². The lowest BCUT2D eigenvalue weighted by molar-refractivity contribution is 0.0945. The van der Waals surface area contributed by atoms with Crippen LogP contribution < -0.4 is 16.0 Å². The van der Waals surface area contributed by atoms with Crippen molar-refractivity contribution in [2.75, 3.05) is 17.7 Å². The Labute approximate surface area is 215 Å². The molecule has 0 aliphatic heterocycles. The average Bonchev–Trinajstić information content (AvgIpc) is 3.69. The van der Waals surface area contributed by atoms with Gasteiger partial charge in [-0.15, -0.1) is 0 Å². The number of nitriles is 2. The number of aryl methyl sites for hydroxylation is 2. The molecule has 3 aromatic rings. The van der Waals surface area contributed by atoms with Gasteiger partial charge in [-0.3, -0.25) is 4.79 Å². The third-order valence-corrected chi connectivity index (χ3v) is 5.82. The summed E-state index contributed by atoms with van der Waals surface area (Å²) in [5, 5.41) is 27.5. The summed E-state index contributed by atoms with van der Waals surface area (Å²) < 4.78 is 5.38. The number of methoxy groups -OCH3 is 1. The van der Waals surface area contributed by atoms with E-state index in [0.717, 1.165) is 35.2 Å². The number of nitrogens with one attached hydrogen (secondary N) is 3. The summed E-state index contributed by atoms with van der Waals surface area (Å²) >= 11 is 0. The first-order valence-corrected chi connectivity index (χ1v) is 11.8. The molecule has 1 saturated carbocycles. The van der Waals surface area contributed by atoms with Crippen LogP contribution in [-0.4, -0.2) is 29.0 Å². The molecule has 0 atom stereocenters. The number of rotatable bonds is 9. The van der Waals surface area contributed by atoms with E-state index < -0.39 is 0 Å². The zero-order valence-corrected chi connectivity index (χ0v) is 20.9. The van der Waals surface area contributed by atoms with E-state index >= 15 is 0 Å². The quantitative estimate of drug-likeness (QED) is 0.353. The van der Waals surface area contributed by atoms with Crippen LogP contribution in [0.4, 0.5) is 23.1 Å². The Morgan fingerprint density at radius 3 is 2.41 bits per heavy atom. The molecule has 0 spiro atoms. The maximum absolute atomic E-state index is 13.3. The number of carbonyl (C=O) groups excluding carboxylic acids is 1. The number of amides is 1. The number of ether oxygens (including phenoxy) is 1. The molecule has 0 unspecified atom stereocenters. The molecule has 1 fully saturated rings. The number of aromatic nitrogens is 2. The summed E-state index contributed by atoms with van der Waals surface area (Å²) in [6.45, 7) is 4.02. The SMILES string of the molecule is COCc1nc(Nc2ccc(C#N)cc2)nc(Nc2c(C)cc(/C=C/C#N)cc2C)c1C(=O)NC1CC1. The van der Waals surface area contributed by atoms with E-state index in [2.05, 4.69) is 32.0 Å². The first-order chi connectivity index (χ1) is 17.9. The van der Waals surface area contributed by atoms with Gasteiger partial charge in [-0.1, -0.05) is 0 Å². The molecule has 0 radical (unpaired) electrons. The Balaban J connectivity index is 1.78. The van der Waals surface area contributed by atoms with Gasteiger partial charge >= 0.3 is 0 Å². The van der Waals surface area contributed by atoms with E-state index in [1.807, 2.05) is 32.0 Å². The minimum atomic E-state index is -0.258. The molecule has 9 heteroatoms. The number of allylic oxidation sites excluding steroid dienone is 1. The normalized spacial score (nSPS) is 12.6. The van der Waals surface area contributed by atoms with Gasteiger partial charge < -0.3 is 20.7 Å². The highest BCUT2D eigenvalue weighted by atomic mass is 16.5. The van der Waals surface area contributed by atoms with Crippen LogP contribution in [0, 0.1) is 36.5 Å². The summed E-state index contributed by atoms with van der Waals surface area (Å²) in [6, 6.07) is 15.1. The fourth-order valence-corrected chi connectivity index (χ4v) is 3.92. The minimum Gasteiger partial charge on any atom is -0.378 e. The molecule has 0 bridgehead atoms. The highest BCUT2D eigenvalue weighted by Crippen LogP contribution is 2.31. The van der Waals surface area contributed by atoms with Crippen LogP contribution >= 0.6 is 0 Å².